The summed E-state index contributed by atoms with van der Waals surface area (Å²) in [5, 5.41) is 0. The molecule has 1 heteroatoms. The molecule has 0 amide bonds. The molecule has 0 N–H and O–H groups in total. The molecule has 1 aliphatic carbocycles. The molecule has 2 aliphatic rings. The smallest absolute Gasteiger partial charge is 0.0715 e. The van der Waals surface area contributed by atoms with Crippen LogP contribution in [-0.4, -0.2) is 12.2 Å². The molecule has 1 spiro atoms. The first-order valence-corrected chi connectivity index (χ1v) is 3.90. The third kappa shape index (κ3) is 0.877. The summed E-state index contributed by atoms with van der Waals surface area (Å²) in [6.07, 6.45) is 8.87. The van der Waals surface area contributed by atoms with Gasteiger partial charge in [0.15, 0.2) is 0 Å². The zero-order valence-electron chi connectivity index (χ0n) is 5.73. The summed E-state index contributed by atoms with van der Waals surface area (Å²) in [4.78, 5) is 0. The zero-order chi connectivity index (χ0) is 6.16. The molecule has 1 nitrogen and oxygen atoms in total. The van der Waals surface area contributed by atoms with Crippen LogP contribution in [0.25, 0.3) is 0 Å². The third-order valence-electron chi connectivity index (χ3n) is 2.47. The van der Waals surface area contributed by atoms with E-state index in [1.807, 2.05) is 0 Å². The molecule has 0 unspecified atom stereocenters. The Morgan fingerprint density at radius 2 is 2.00 bits per heavy atom. The molecular weight excluding hydrogens is 112 g/mol. The molecule has 0 aromatic rings. The molecule has 9 heavy (non-hydrogen) atoms. The van der Waals surface area contributed by atoms with E-state index >= 15 is 0 Å². The number of hydrogen-bond acceptors (Lipinski definition) is 1. The van der Waals surface area contributed by atoms with Crippen molar-refractivity contribution in [1.82, 2.24) is 0 Å². The van der Waals surface area contributed by atoms with Gasteiger partial charge in [0.25, 0.3) is 0 Å². The Balaban J connectivity index is 2.04. The lowest BCUT2D eigenvalue weighted by molar-refractivity contribution is 0.0285. The summed E-state index contributed by atoms with van der Waals surface area (Å²) in [6.45, 7) is 0.972. The predicted octanol–water partition coefficient (Wildman–Crippen LogP) is 1.92. The van der Waals surface area contributed by atoms with Gasteiger partial charge in [-0.15, -0.1) is 0 Å². The molecule has 0 aromatic heterocycles. The molecule has 1 saturated heterocycles. The van der Waals surface area contributed by atoms with Gasteiger partial charge in [-0.3, -0.25) is 0 Å². The van der Waals surface area contributed by atoms with Gasteiger partial charge in [0.1, 0.15) is 0 Å². The van der Waals surface area contributed by atoms with Crippen molar-refractivity contribution in [3.63, 3.8) is 0 Å². The van der Waals surface area contributed by atoms with Gasteiger partial charge in [0.2, 0.25) is 0 Å². The SMILES string of the molecule is [CH]1CCOC12CCCC2. The first-order valence-electron chi connectivity index (χ1n) is 3.90. The maximum Gasteiger partial charge on any atom is 0.0715 e. The second-order valence-corrected chi connectivity index (χ2v) is 3.11. The fraction of sp³-hybridized carbons (Fsp3) is 0.875. The fourth-order valence-corrected chi connectivity index (χ4v) is 1.97. The Labute approximate surface area is 56.4 Å². The van der Waals surface area contributed by atoms with Crippen molar-refractivity contribution in [2.24, 2.45) is 0 Å². The molecule has 0 aromatic carbocycles. The zero-order valence-corrected chi connectivity index (χ0v) is 5.73. The average Bonchev–Trinajstić information content (AvgIpc) is 2.45. The molecular formula is C8H13O. The van der Waals surface area contributed by atoms with Crippen molar-refractivity contribution < 1.29 is 4.74 Å². The minimum Gasteiger partial charge on any atom is -0.375 e. The Bertz CT molecular complexity index is 79.6. The predicted molar refractivity (Wildman–Crippen MR) is 36.1 cm³/mol. The van der Waals surface area contributed by atoms with Crippen LogP contribution in [0.4, 0.5) is 0 Å². The molecule has 51 valence electrons. The summed E-state index contributed by atoms with van der Waals surface area (Å²) in [7, 11) is 0. The van der Waals surface area contributed by atoms with Gasteiger partial charge in [0, 0.05) is 6.61 Å². The van der Waals surface area contributed by atoms with E-state index in [4.69, 9.17) is 4.74 Å². The lowest BCUT2D eigenvalue weighted by Gasteiger charge is -2.20. The monoisotopic (exact) mass is 125 g/mol. The van der Waals surface area contributed by atoms with Gasteiger partial charge in [-0.2, -0.15) is 0 Å². The first kappa shape index (κ1) is 5.72. The molecule has 2 fully saturated rings. The van der Waals surface area contributed by atoms with E-state index < -0.39 is 0 Å². The Morgan fingerprint density at radius 1 is 1.22 bits per heavy atom. The Morgan fingerprint density at radius 3 is 2.56 bits per heavy atom. The maximum atomic E-state index is 5.65. The van der Waals surface area contributed by atoms with E-state index in [2.05, 4.69) is 6.42 Å². The summed E-state index contributed by atoms with van der Waals surface area (Å²) in [6, 6.07) is 0. The highest BCUT2D eigenvalue weighted by molar-refractivity contribution is 5.01. The fourth-order valence-electron chi connectivity index (χ4n) is 1.97. The lowest BCUT2D eigenvalue weighted by atomic mass is 9.99. The van der Waals surface area contributed by atoms with E-state index in [9.17, 15) is 0 Å². The minimum atomic E-state index is 0.264. The van der Waals surface area contributed by atoms with E-state index in [1.54, 1.807) is 0 Å². The van der Waals surface area contributed by atoms with Gasteiger partial charge in [-0.25, -0.2) is 0 Å². The largest absolute Gasteiger partial charge is 0.375 e. The number of ether oxygens (including phenoxy) is 1. The molecule has 1 saturated carbocycles. The molecule has 0 atom stereocenters. The quantitative estimate of drug-likeness (QED) is 0.480. The van der Waals surface area contributed by atoms with Crippen LogP contribution in [-0.2, 0) is 4.74 Å². The van der Waals surface area contributed by atoms with Gasteiger partial charge in [-0.05, 0) is 25.7 Å². The standard InChI is InChI=1S/C8H13O/c1-2-5-8(4-1)6-3-7-9-8/h6H,1-5,7H2. The number of hydrogen-bond donors (Lipinski definition) is 0. The van der Waals surface area contributed by atoms with Crippen LogP contribution in [0.15, 0.2) is 0 Å². The molecule has 1 radical (unpaired) electrons. The van der Waals surface area contributed by atoms with Crippen LogP contribution in [0.1, 0.15) is 32.1 Å². The highest BCUT2D eigenvalue weighted by atomic mass is 16.5. The van der Waals surface area contributed by atoms with Crippen molar-refractivity contribution in [1.29, 1.82) is 0 Å². The van der Waals surface area contributed by atoms with Crippen LogP contribution in [0.5, 0.6) is 0 Å². The third-order valence-corrected chi connectivity index (χ3v) is 2.47. The van der Waals surface area contributed by atoms with Crippen LogP contribution in [0, 0.1) is 6.42 Å². The van der Waals surface area contributed by atoms with Crippen LogP contribution in [0.3, 0.4) is 0 Å². The van der Waals surface area contributed by atoms with Crippen LogP contribution < -0.4 is 0 Å². The highest BCUT2D eigenvalue weighted by Gasteiger charge is 2.37. The second kappa shape index (κ2) is 1.98. The summed E-state index contributed by atoms with van der Waals surface area (Å²) in [5.74, 6) is 0. The van der Waals surface area contributed by atoms with Crippen LogP contribution >= 0.6 is 0 Å². The molecule has 2 rings (SSSR count). The van der Waals surface area contributed by atoms with E-state index in [1.165, 1.54) is 32.1 Å². The maximum absolute atomic E-state index is 5.65. The van der Waals surface area contributed by atoms with Crippen molar-refractivity contribution in [3.8, 4) is 0 Å². The van der Waals surface area contributed by atoms with E-state index in [0.717, 1.165) is 6.61 Å². The van der Waals surface area contributed by atoms with Gasteiger partial charge >= 0.3 is 0 Å². The summed E-state index contributed by atoms with van der Waals surface area (Å²) in [5.41, 5.74) is 0.264. The van der Waals surface area contributed by atoms with Crippen molar-refractivity contribution >= 4 is 0 Å². The topological polar surface area (TPSA) is 9.23 Å². The van der Waals surface area contributed by atoms with E-state index in [0.29, 0.717) is 0 Å². The van der Waals surface area contributed by atoms with Crippen molar-refractivity contribution in [2.75, 3.05) is 6.61 Å². The molecule has 0 bridgehead atoms. The van der Waals surface area contributed by atoms with Gasteiger partial charge in [-0.1, -0.05) is 12.8 Å². The Hall–Kier alpha value is -0.0400. The molecule has 1 heterocycles. The summed E-state index contributed by atoms with van der Waals surface area (Å²) < 4.78 is 5.65. The summed E-state index contributed by atoms with van der Waals surface area (Å²) >= 11 is 0. The normalized spacial score (nSPS) is 32.0. The average molecular weight is 125 g/mol. The van der Waals surface area contributed by atoms with Gasteiger partial charge < -0.3 is 4.74 Å². The second-order valence-electron chi connectivity index (χ2n) is 3.11. The van der Waals surface area contributed by atoms with Crippen molar-refractivity contribution in [2.45, 2.75) is 37.7 Å². The molecule has 1 aliphatic heterocycles. The highest BCUT2D eigenvalue weighted by Crippen LogP contribution is 2.39. The van der Waals surface area contributed by atoms with Crippen molar-refractivity contribution in [3.05, 3.63) is 6.42 Å². The Kier molecular flexibility index (Phi) is 1.26. The minimum absolute atomic E-state index is 0.264. The number of rotatable bonds is 0. The first-order chi connectivity index (χ1) is 4.41. The van der Waals surface area contributed by atoms with Crippen LogP contribution in [0.2, 0.25) is 0 Å². The van der Waals surface area contributed by atoms with E-state index in [-0.39, 0.29) is 5.60 Å². The van der Waals surface area contributed by atoms with Gasteiger partial charge in [0.05, 0.1) is 5.60 Å². The lowest BCUT2D eigenvalue weighted by Crippen LogP contribution is -2.22.